The number of benzene rings is 1. The molecule has 2 nitrogen and oxygen atoms in total. The van der Waals surface area contributed by atoms with Gasteiger partial charge in [0.1, 0.15) is 5.82 Å². The monoisotopic (exact) mass is 279 g/mol. The van der Waals surface area contributed by atoms with Gasteiger partial charge in [-0.05, 0) is 40.2 Å². The number of hydrogen-bond acceptors (Lipinski definition) is 2. The minimum absolute atomic E-state index is 0.375. The van der Waals surface area contributed by atoms with Crippen molar-refractivity contribution in [1.29, 1.82) is 0 Å². The average Bonchev–Trinajstić information content (AvgIpc) is 2.32. The third-order valence-corrected chi connectivity index (χ3v) is 2.80. The number of carbonyl (C=O) groups is 1. The van der Waals surface area contributed by atoms with E-state index in [-0.39, 0.29) is 5.82 Å². The number of rotatable bonds is 2. The molecule has 1 aromatic carbocycles. The van der Waals surface area contributed by atoms with Crippen LogP contribution in [0.1, 0.15) is 10.4 Å². The van der Waals surface area contributed by atoms with Crippen molar-refractivity contribution in [2.75, 3.05) is 0 Å². The molecule has 16 heavy (non-hydrogen) atoms. The lowest BCUT2D eigenvalue weighted by Crippen LogP contribution is -1.91. The van der Waals surface area contributed by atoms with Crippen molar-refractivity contribution in [3.05, 3.63) is 52.4 Å². The average molecular weight is 280 g/mol. The normalized spacial score (nSPS) is 10.1. The van der Waals surface area contributed by atoms with Crippen LogP contribution in [0, 0.1) is 5.82 Å². The van der Waals surface area contributed by atoms with Crippen LogP contribution >= 0.6 is 15.9 Å². The molecule has 0 N–H and O–H groups in total. The van der Waals surface area contributed by atoms with Gasteiger partial charge >= 0.3 is 0 Å². The molecular weight excluding hydrogens is 273 g/mol. The Balaban J connectivity index is 2.58. The lowest BCUT2D eigenvalue weighted by atomic mass is 10.1. The highest BCUT2D eigenvalue weighted by molar-refractivity contribution is 9.10. The van der Waals surface area contributed by atoms with Crippen LogP contribution in [-0.2, 0) is 0 Å². The quantitative estimate of drug-likeness (QED) is 0.788. The summed E-state index contributed by atoms with van der Waals surface area (Å²) in [6, 6.07) is 7.97. The Labute approximate surface area is 100 Å². The molecule has 0 fully saturated rings. The topological polar surface area (TPSA) is 30.0 Å². The second kappa shape index (κ2) is 4.53. The van der Waals surface area contributed by atoms with E-state index in [0.717, 1.165) is 0 Å². The van der Waals surface area contributed by atoms with Gasteiger partial charge in [-0.2, -0.15) is 0 Å². The van der Waals surface area contributed by atoms with Gasteiger partial charge in [0.05, 0.1) is 10.2 Å². The number of hydrogen-bond donors (Lipinski definition) is 0. The first-order valence-corrected chi connectivity index (χ1v) is 5.37. The number of nitrogens with zero attached hydrogens (tertiary/aromatic N) is 1. The van der Waals surface area contributed by atoms with Crippen LogP contribution in [0.15, 0.2) is 41.0 Å². The summed E-state index contributed by atoms with van der Waals surface area (Å²) in [6.07, 6.45) is 2.28. The number of aldehydes is 1. The Kier molecular flexibility index (Phi) is 3.10. The Hall–Kier alpha value is -1.55. The largest absolute Gasteiger partial charge is 0.298 e. The lowest BCUT2D eigenvalue weighted by molar-refractivity contribution is 0.112. The van der Waals surface area contributed by atoms with Crippen LogP contribution in [0.3, 0.4) is 0 Å². The number of halogens is 2. The van der Waals surface area contributed by atoms with E-state index in [4.69, 9.17) is 0 Å². The van der Waals surface area contributed by atoms with Crippen molar-refractivity contribution >= 4 is 22.2 Å². The van der Waals surface area contributed by atoms with Crippen molar-refractivity contribution < 1.29 is 9.18 Å². The summed E-state index contributed by atoms with van der Waals surface area (Å²) in [5.41, 5.74) is 1.52. The molecule has 1 heterocycles. The molecule has 1 aromatic heterocycles. The maximum Gasteiger partial charge on any atom is 0.152 e. The fourth-order valence-corrected chi connectivity index (χ4v) is 1.64. The zero-order valence-corrected chi connectivity index (χ0v) is 9.74. The van der Waals surface area contributed by atoms with Crippen molar-refractivity contribution in [3.8, 4) is 11.3 Å². The van der Waals surface area contributed by atoms with E-state index in [1.165, 1.54) is 6.07 Å². The van der Waals surface area contributed by atoms with Crippen molar-refractivity contribution in [2.45, 2.75) is 0 Å². The number of pyridine rings is 1. The molecule has 0 amide bonds. The zero-order valence-electron chi connectivity index (χ0n) is 8.15. The Morgan fingerprint density at radius 3 is 2.81 bits per heavy atom. The Morgan fingerprint density at radius 2 is 2.12 bits per heavy atom. The molecule has 0 aliphatic heterocycles. The molecule has 0 aliphatic rings. The molecule has 4 heteroatoms. The first-order chi connectivity index (χ1) is 7.72. The van der Waals surface area contributed by atoms with Gasteiger partial charge in [-0.25, -0.2) is 4.39 Å². The van der Waals surface area contributed by atoms with Gasteiger partial charge < -0.3 is 0 Å². The van der Waals surface area contributed by atoms with Crippen LogP contribution in [0.5, 0.6) is 0 Å². The minimum Gasteiger partial charge on any atom is -0.298 e. The van der Waals surface area contributed by atoms with Gasteiger partial charge in [0.2, 0.25) is 0 Å². The van der Waals surface area contributed by atoms with E-state index in [1.54, 1.807) is 30.5 Å². The molecule has 0 atom stereocenters. The highest BCUT2D eigenvalue weighted by Gasteiger charge is 2.07. The van der Waals surface area contributed by atoms with Gasteiger partial charge in [0, 0.05) is 17.3 Å². The van der Waals surface area contributed by atoms with Crippen LogP contribution in [0.25, 0.3) is 11.3 Å². The third-order valence-electron chi connectivity index (χ3n) is 2.16. The van der Waals surface area contributed by atoms with Gasteiger partial charge in [-0.1, -0.05) is 6.07 Å². The highest BCUT2D eigenvalue weighted by Crippen LogP contribution is 2.24. The summed E-state index contributed by atoms with van der Waals surface area (Å²) in [7, 11) is 0. The first-order valence-electron chi connectivity index (χ1n) is 4.58. The van der Waals surface area contributed by atoms with Crippen molar-refractivity contribution in [2.24, 2.45) is 0 Å². The second-order valence-electron chi connectivity index (χ2n) is 3.19. The molecule has 0 radical (unpaired) electrons. The molecular formula is C12H7BrFNO. The maximum absolute atomic E-state index is 13.3. The SMILES string of the molecule is O=Cc1cccnc1-c1ccc(Br)c(F)c1. The lowest BCUT2D eigenvalue weighted by Gasteiger charge is -2.04. The second-order valence-corrected chi connectivity index (χ2v) is 4.04. The van der Waals surface area contributed by atoms with Gasteiger partial charge in [-0.15, -0.1) is 0 Å². The molecule has 0 saturated heterocycles. The van der Waals surface area contributed by atoms with Crippen LogP contribution < -0.4 is 0 Å². The van der Waals surface area contributed by atoms with E-state index >= 15 is 0 Å². The van der Waals surface area contributed by atoms with E-state index < -0.39 is 0 Å². The molecule has 0 unspecified atom stereocenters. The first kappa shape index (κ1) is 11.0. The third kappa shape index (κ3) is 2.02. The van der Waals surface area contributed by atoms with E-state index in [0.29, 0.717) is 27.6 Å². The van der Waals surface area contributed by atoms with Gasteiger partial charge in [0.15, 0.2) is 6.29 Å². The zero-order chi connectivity index (χ0) is 11.5. The Morgan fingerprint density at radius 1 is 1.31 bits per heavy atom. The van der Waals surface area contributed by atoms with E-state index in [2.05, 4.69) is 20.9 Å². The summed E-state index contributed by atoms with van der Waals surface area (Å²) in [5, 5.41) is 0. The molecule has 0 aliphatic carbocycles. The smallest absolute Gasteiger partial charge is 0.152 e. The van der Waals surface area contributed by atoms with Gasteiger partial charge in [-0.3, -0.25) is 9.78 Å². The predicted molar refractivity (Wildman–Crippen MR) is 62.7 cm³/mol. The standard InChI is InChI=1S/C12H7BrFNO/c13-10-4-3-8(6-11(10)14)12-9(7-16)2-1-5-15-12/h1-7H. The summed E-state index contributed by atoms with van der Waals surface area (Å²) < 4.78 is 13.7. The van der Waals surface area contributed by atoms with Crippen LogP contribution in [-0.4, -0.2) is 11.3 Å². The van der Waals surface area contributed by atoms with Crippen LogP contribution in [0.2, 0.25) is 0 Å². The maximum atomic E-state index is 13.3. The fourth-order valence-electron chi connectivity index (χ4n) is 1.40. The van der Waals surface area contributed by atoms with Crippen LogP contribution in [0.4, 0.5) is 4.39 Å². The summed E-state index contributed by atoms with van der Waals surface area (Å²) >= 11 is 3.07. The molecule has 0 spiro atoms. The predicted octanol–water partition coefficient (Wildman–Crippen LogP) is 3.46. The summed E-state index contributed by atoms with van der Waals surface area (Å²) in [6.45, 7) is 0. The number of carbonyl (C=O) groups excluding carboxylic acids is 1. The highest BCUT2D eigenvalue weighted by atomic mass is 79.9. The molecule has 2 aromatic rings. The van der Waals surface area contributed by atoms with E-state index in [1.807, 2.05) is 0 Å². The van der Waals surface area contributed by atoms with Crippen molar-refractivity contribution in [1.82, 2.24) is 4.98 Å². The summed E-state index contributed by atoms with van der Waals surface area (Å²) in [4.78, 5) is 14.9. The van der Waals surface area contributed by atoms with Gasteiger partial charge in [0.25, 0.3) is 0 Å². The summed E-state index contributed by atoms with van der Waals surface area (Å²) in [5.74, 6) is -0.375. The molecule has 80 valence electrons. The van der Waals surface area contributed by atoms with Crippen molar-refractivity contribution in [3.63, 3.8) is 0 Å². The minimum atomic E-state index is -0.375. The molecule has 0 saturated carbocycles. The fraction of sp³-hybridized carbons (Fsp3) is 0. The van der Waals surface area contributed by atoms with E-state index in [9.17, 15) is 9.18 Å². The molecule has 2 rings (SSSR count). The number of aromatic nitrogens is 1. The molecule has 0 bridgehead atoms. The Bertz CT molecular complexity index is 542.